The summed E-state index contributed by atoms with van der Waals surface area (Å²) < 4.78 is 12.5. The molecule has 8 atom stereocenters. The van der Waals surface area contributed by atoms with Gasteiger partial charge in [0.1, 0.15) is 52.7 Å². The number of benzene rings is 5. The number of carbonyl (C=O) groups excluding carboxylic acids is 8. The molecule has 0 spiro atoms. The lowest BCUT2D eigenvalue weighted by molar-refractivity contribution is -0.191. The van der Waals surface area contributed by atoms with Crippen molar-refractivity contribution in [3.63, 3.8) is 0 Å². The minimum Gasteiger partial charge on any atom is -0.508 e. The van der Waals surface area contributed by atoms with E-state index in [0.29, 0.717) is 6.42 Å². The zero-order chi connectivity index (χ0) is 57.7. The Bertz CT molecular complexity index is 3320. The molecule has 5 aromatic carbocycles. The molecule has 5 aliphatic heterocycles. The van der Waals surface area contributed by atoms with Gasteiger partial charge in [0.25, 0.3) is 0 Å². The Labute approximate surface area is 466 Å². The van der Waals surface area contributed by atoms with E-state index in [0.717, 1.165) is 6.07 Å². The number of thiocarbonyl (C=S) groups is 1. The molecule has 0 fully saturated rings. The second-order valence-corrected chi connectivity index (χ2v) is 20.9. The first kappa shape index (κ1) is 58.6. The van der Waals surface area contributed by atoms with Gasteiger partial charge in [-0.05, 0) is 101 Å². The van der Waals surface area contributed by atoms with Crippen LogP contribution in [-0.4, -0.2) is 89.1 Å². The molecule has 0 unspecified atom stereocenters. The van der Waals surface area contributed by atoms with Crippen LogP contribution in [0.2, 0.25) is 10.0 Å². The number of hydrogen-bond donors (Lipinski definition) is 11. The Morgan fingerprint density at radius 1 is 0.747 bits per heavy atom. The maximum Gasteiger partial charge on any atom is 0.373 e. The van der Waals surface area contributed by atoms with Gasteiger partial charge < -0.3 is 67.1 Å². The van der Waals surface area contributed by atoms with E-state index in [-0.39, 0.29) is 107 Å². The third kappa shape index (κ3) is 13.3. The molecular formula is C55H53Cl2N5O16S. The van der Waals surface area contributed by atoms with Crippen molar-refractivity contribution < 1.29 is 78.5 Å². The fraction of sp³-hybridized carbons (Fsp3) is 0.309. The average Bonchev–Trinajstić information content (AvgIpc) is 3.43. The van der Waals surface area contributed by atoms with E-state index < -0.39 is 114 Å². The van der Waals surface area contributed by atoms with Gasteiger partial charge in [0.05, 0.1) is 34.5 Å². The van der Waals surface area contributed by atoms with Crippen molar-refractivity contribution in [1.82, 2.24) is 21.3 Å². The standard InChI is InChI=1S/C54H53Cl2N5O14S.CO2/c1-22(2)10-23(3)51(70)61-47-49(68)26-6-9-40(34(56)14-26)75-42-16-27-15-41(50(42)69)74-39-8-5-25(13-33(39)55)48(67)32-18-37(64)30(19-43(76)46(27)60-53(72)35(20-44(57)66)59-54(47)73)24-4-7-36(63)31(12-24)45-28(21-58-52(32)71)11-29(62)17-38(45)65;2-1-3/h4-9,11-17,22-23,30,32,35,46-49,62-63,65,67-69H,10,18-21H2,1-3H3,(H2,57,66)(H,58,71)(H,59,73)(H,60,72)(H,61,70);/t23-,30+,32+,35+,46-,47-,48-,49-;/m1./s1. The number of rotatable bonds is 6. The summed E-state index contributed by atoms with van der Waals surface area (Å²) in [5.41, 5.74) is 6.05. The Hall–Kier alpha value is -8.11. The van der Waals surface area contributed by atoms with Gasteiger partial charge in [0.15, 0.2) is 11.5 Å². The molecule has 24 heteroatoms. The van der Waals surface area contributed by atoms with Gasteiger partial charge >= 0.3 is 6.15 Å². The van der Waals surface area contributed by atoms with Gasteiger partial charge in [-0.3, -0.25) is 28.8 Å². The van der Waals surface area contributed by atoms with E-state index in [1.807, 2.05) is 13.8 Å². The number of primary amides is 1. The van der Waals surface area contributed by atoms with E-state index in [9.17, 15) is 54.6 Å². The number of Topliss-reactive ketones (excluding diaryl/α,β-unsaturated/α-hetero) is 1. The molecule has 0 aromatic heterocycles. The van der Waals surface area contributed by atoms with E-state index in [4.69, 9.17) is 60.2 Å². The van der Waals surface area contributed by atoms with Crippen LogP contribution in [0.5, 0.6) is 46.0 Å². The topological polar surface area (TPSA) is 351 Å². The summed E-state index contributed by atoms with van der Waals surface area (Å²) >= 11 is 19.8. The van der Waals surface area contributed by atoms with Crippen LogP contribution in [0.1, 0.15) is 98.4 Å². The predicted octanol–water partition coefficient (Wildman–Crippen LogP) is 6.01. The summed E-state index contributed by atoms with van der Waals surface area (Å²) in [4.78, 5) is 101. The predicted molar refractivity (Wildman–Crippen MR) is 285 cm³/mol. The number of ketones is 1. The van der Waals surface area contributed by atoms with Gasteiger partial charge in [0.2, 0.25) is 35.3 Å². The van der Waals surface area contributed by atoms with Crippen LogP contribution in [0.25, 0.3) is 11.1 Å². The number of aromatic hydroxyl groups is 4. The second kappa shape index (κ2) is 24.7. The van der Waals surface area contributed by atoms with Gasteiger partial charge in [-0.15, -0.1) is 0 Å². The van der Waals surface area contributed by atoms with Crippen molar-refractivity contribution >= 4 is 81.8 Å². The zero-order valence-electron chi connectivity index (χ0n) is 42.2. The summed E-state index contributed by atoms with van der Waals surface area (Å²) in [5, 5.41) is 79.2. The summed E-state index contributed by atoms with van der Waals surface area (Å²) in [5.74, 6) is -11.7. The van der Waals surface area contributed by atoms with Crippen LogP contribution in [0, 0.1) is 17.8 Å². The second-order valence-electron chi connectivity index (χ2n) is 19.6. The molecule has 414 valence electrons. The Kier molecular flexibility index (Phi) is 18.3. The fourth-order valence-electron chi connectivity index (χ4n) is 9.66. The lowest BCUT2D eigenvalue weighted by atomic mass is 9.80. The van der Waals surface area contributed by atoms with Crippen molar-refractivity contribution in [2.75, 3.05) is 0 Å². The molecule has 0 saturated carbocycles. The van der Waals surface area contributed by atoms with Crippen molar-refractivity contribution in [2.24, 2.45) is 23.5 Å². The highest BCUT2D eigenvalue weighted by molar-refractivity contribution is 7.80. The van der Waals surface area contributed by atoms with Crippen molar-refractivity contribution in [3.8, 4) is 57.1 Å². The largest absolute Gasteiger partial charge is 0.508 e. The van der Waals surface area contributed by atoms with E-state index in [2.05, 4.69) is 21.3 Å². The Balaban J connectivity index is 0.00000294. The summed E-state index contributed by atoms with van der Waals surface area (Å²) in [7, 11) is 0. The smallest absolute Gasteiger partial charge is 0.373 e. The van der Waals surface area contributed by atoms with Crippen molar-refractivity contribution in [2.45, 2.75) is 89.3 Å². The number of fused-ring (bicyclic) bond motifs is 15. The minimum atomic E-state index is -1.83. The molecule has 5 amide bonds. The first-order chi connectivity index (χ1) is 37.4. The number of aliphatic hydroxyl groups is 2. The number of amides is 5. The van der Waals surface area contributed by atoms with Crippen molar-refractivity contribution in [3.05, 3.63) is 117 Å². The third-order valence-electron chi connectivity index (χ3n) is 13.5. The van der Waals surface area contributed by atoms with E-state index >= 15 is 4.79 Å². The number of hydrogen-bond acceptors (Lipinski definition) is 17. The summed E-state index contributed by atoms with van der Waals surface area (Å²) in [6.45, 7) is 5.08. The van der Waals surface area contributed by atoms with Gasteiger partial charge in [-0.1, -0.05) is 74.4 Å². The number of phenols is 4. The molecule has 0 saturated heterocycles. The molecule has 12 N–H and O–H groups in total. The maximum atomic E-state index is 15.1. The zero-order valence-corrected chi connectivity index (χ0v) is 44.6. The molecule has 0 aliphatic carbocycles. The highest BCUT2D eigenvalue weighted by Gasteiger charge is 2.39. The van der Waals surface area contributed by atoms with Crippen LogP contribution in [0.3, 0.4) is 0 Å². The molecular weight excluding hydrogens is 1090 g/mol. The van der Waals surface area contributed by atoms with Crippen LogP contribution in [0.4, 0.5) is 0 Å². The molecule has 79 heavy (non-hydrogen) atoms. The monoisotopic (exact) mass is 1140 g/mol. The Morgan fingerprint density at radius 3 is 1.92 bits per heavy atom. The highest BCUT2D eigenvalue weighted by Crippen LogP contribution is 2.48. The number of nitrogens with two attached hydrogens (primary N) is 1. The normalized spacial score (nSPS) is 21.5. The third-order valence-corrected chi connectivity index (χ3v) is 14.5. The minimum absolute atomic E-state index is 0.00279. The highest BCUT2D eigenvalue weighted by atomic mass is 35.5. The van der Waals surface area contributed by atoms with Gasteiger partial charge in [0, 0.05) is 46.9 Å². The van der Waals surface area contributed by atoms with Crippen LogP contribution >= 0.6 is 35.4 Å². The first-order valence-corrected chi connectivity index (χ1v) is 25.6. The fourth-order valence-corrected chi connectivity index (χ4v) is 10.5. The lowest BCUT2D eigenvalue weighted by Crippen LogP contribution is -2.57. The molecule has 0 radical (unpaired) electrons. The molecule has 5 aliphatic rings. The number of ether oxygens (including phenoxy) is 2. The van der Waals surface area contributed by atoms with Crippen LogP contribution in [0.15, 0.2) is 78.9 Å². The number of carbonyl (C=O) groups is 6. The van der Waals surface area contributed by atoms with E-state index in [1.165, 1.54) is 72.8 Å². The molecule has 11 bridgehead atoms. The van der Waals surface area contributed by atoms with Crippen LogP contribution in [-0.2, 0) is 44.9 Å². The first-order valence-electron chi connectivity index (χ1n) is 24.5. The van der Waals surface area contributed by atoms with Gasteiger partial charge in [-0.25, -0.2) is 0 Å². The number of aliphatic hydroxyl groups excluding tert-OH is 2. The number of phenolic OH excluding ortho intramolecular Hbond substituents is 4. The SMILES string of the molecule is CC(C)C[C@@H](C)C(=O)N[C@H]1C(=O)N[C@@H](CC(N)=O)C(=O)N[C@H]2C(=S)C[C@@H]3C(=O)C[C@H](C(=O)NCc4cc(O)cc(O)c4-c4cc3ccc4O)[C@H](O)c3ccc(c(Cl)c3)Oc3cc2cc(c3O)Oc2ccc(cc2Cl)[C@H]1O.O=C=O. The number of halogens is 2. The number of nitrogens with one attached hydrogen (secondary N) is 4. The molecule has 10 rings (SSSR count). The lowest BCUT2D eigenvalue weighted by Gasteiger charge is -2.30. The molecule has 5 heterocycles. The van der Waals surface area contributed by atoms with E-state index in [1.54, 1.807) is 6.92 Å². The Morgan fingerprint density at radius 2 is 1.34 bits per heavy atom. The van der Waals surface area contributed by atoms with Crippen molar-refractivity contribution in [1.29, 1.82) is 0 Å². The maximum absolute atomic E-state index is 15.1. The average molecular weight is 1140 g/mol. The molecule has 21 nitrogen and oxygen atoms in total. The summed E-state index contributed by atoms with van der Waals surface area (Å²) in [6, 6.07) is 11.7. The summed E-state index contributed by atoms with van der Waals surface area (Å²) in [6.07, 6.45) is -4.83. The molecule has 5 aromatic rings. The van der Waals surface area contributed by atoms with Gasteiger partial charge in [-0.2, -0.15) is 9.59 Å². The van der Waals surface area contributed by atoms with Crippen LogP contribution < -0.4 is 36.5 Å². The quantitative estimate of drug-likeness (QED) is 0.0867.